The lowest BCUT2D eigenvalue weighted by Gasteiger charge is -2.24. The van der Waals surface area contributed by atoms with Crippen molar-refractivity contribution in [1.82, 2.24) is 4.90 Å². The molecule has 106 valence electrons. The topological polar surface area (TPSA) is 57.6 Å². The quantitative estimate of drug-likeness (QED) is 0.786. The zero-order valence-corrected chi connectivity index (χ0v) is 13.0. The molecule has 1 amide bonds. The van der Waals surface area contributed by atoms with Crippen LogP contribution < -0.4 is 0 Å². The van der Waals surface area contributed by atoms with Crippen LogP contribution in [-0.2, 0) is 0 Å². The summed E-state index contributed by atoms with van der Waals surface area (Å²) in [6.45, 7) is 4.13. The maximum absolute atomic E-state index is 12.2. The van der Waals surface area contributed by atoms with E-state index in [2.05, 4.69) is 6.92 Å². The number of hydrogen-bond donors (Lipinski definition) is 1. The number of carbonyl (C=O) groups excluding carboxylic acids is 1. The van der Waals surface area contributed by atoms with Crippen LogP contribution in [0, 0.1) is 0 Å². The van der Waals surface area contributed by atoms with Crippen LogP contribution in [0.2, 0.25) is 0 Å². The summed E-state index contributed by atoms with van der Waals surface area (Å²) >= 11 is 2.88. The first-order valence-corrected chi connectivity index (χ1v) is 8.12. The number of aromatic carboxylic acids is 1. The molecule has 0 aliphatic carbocycles. The third kappa shape index (κ3) is 4.54. The van der Waals surface area contributed by atoms with E-state index in [0.29, 0.717) is 4.88 Å². The van der Waals surface area contributed by atoms with Gasteiger partial charge in [0, 0.05) is 13.1 Å². The van der Waals surface area contributed by atoms with Crippen LogP contribution in [0.3, 0.4) is 0 Å². The maximum atomic E-state index is 12.2. The molecule has 0 bridgehead atoms. The van der Waals surface area contributed by atoms with Crippen molar-refractivity contribution in [2.24, 2.45) is 0 Å². The highest BCUT2D eigenvalue weighted by molar-refractivity contribution is 7.99. The molecule has 0 aromatic carbocycles. The summed E-state index contributed by atoms with van der Waals surface area (Å²) in [7, 11) is 1.77. The predicted octanol–water partition coefficient (Wildman–Crippen LogP) is 3.05. The Morgan fingerprint density at radius 3 is 2.58 bits per heavy atom. The van der Waals surface area contributed by atoms with Crippen LogP contribution in [-0.4, -0.2) is 46.5 Å². The van der Waals surface area contributed by atoms with E-state index in [0.717, 1.165) is 29.3 Å². The van der Waals surface area contributed by atoms with Gasteiger partial charge in [0.2, 0.25) is 0 Å². The van der Waals surface area contributed by atoms with Crippen LogP contribution in [0.15, 0.2) is 12.1 Å². The number of rotatable bonds is 7. The number of carboxylic acids is 1. The molecule has 1 atom stereocenters. The highest BCUT2D eigenvalue weighted by Gasteiger charge is 2.20. The van der Waals surface area contributed by atoms with Crippen molar-refractivity contribution in [2.75, 3.05) is 18.6 Å². The van der Waals surface area contributed by atoms with Gasteiger partial charge in [-0.3, -0.25) is 4.79 Å². The van der Waals surface area contributed by atoms with E-state index in [9.17, 15) is 9.59 Å². The zero-order valence-electron chi connectivity index (χ0n) is 11.4. The number of carbonyl (C=O) groups is 2. The lowest BCUT2D eigenvalue weighted by molar-refractivity contribution is 0.0701. The molecule has 0 saturated carbocycles. The predicted molar refractivity (Wildman–Crippen MR) is 80.4 cm³/mol. The summed E-state index contributed by atoms with van der Waals surface area (Å²) < 4.78 is 0. The third-order valence-corrected chi connectivity index (χ3v) is 4.89. The molecule has 0 saturated heterocycles. The molecule has 0 spiro atoms. The normalized spacial score (nSPS) is 12.2. The molecule has 0 fully saturated rings. The molecule has 0 radical (unpaired) electrons. The number of nitrogens with zero attached hydrogens (tertiary/aromatic N) is 1. The van der Waals surface area contributed by atoms with Gasteiger partial charge in [0.1, 0.15) is 4.88 Å². The number of thiophene rings is 1. The van der Waals surface area contributed by atoms with Gasteiger partial charge in [-0.05, 0) is 37.0 Å². The molecule has 19 heavy (non-hydrogen) atoms. The number of amides is 1. The van der Waals surface area contributed by atoms with Gasteiger partial charge in [0.05, 0.1) is 4.88 Å². The van der Waals surface area contributed by atoms with E-state index >= 15 is 0 Å². The van der Waals surface area contributed by atoms with Crippen molar-refractivity contribution in [2.45, 2.75) is 26.3 Å². The summed E-state index contributed by atoms with van der Waals surface area (Å²) in [6, 6.07) is 3.22. The minimum Gasteiger partial charge on any atom is -0.477 e. The summed E-state index contributed by atoms with van der Waals surface area (Å²) in [6.07, 6.45) is 0.942. The van der Waals surface area contributed by atoms with Crippen molar-refractivity contribution in [3.8, 4) is 0 Å². The Balaban J connectivity index is 2.62. The first-order valence-electron chi connectivity index (χ1n) is 6.15. The number of thioether (sulfide) groups is 1. The molecular weight excluding hydrogens is 282 g/mol. The first kappa shape index (κ1) is 16.0. The van der Waals surface area contributed by atoms with Gasteiger partial charge < -0.3 is 10.0 Å². The molecule has 1 N–H and O–H groups in total. The van der Waals surface area contributed by atoms with E-state index in [1.54, 1.807) is 18.0 Å². The second kappa shape index (κ2) is 7.55. The fourth-order valence-corrected chi connectivity index (χ4v) is 3.16. The van der Waals surface area contributed by atoms with Crippen molar-refractivity contribution < 1.29 is 14.7 Å². The Morgan fingerprint density at radius 2 is 2.05 bits per heavy atom. The van der Waals surface area contributed by atoms with Crippen LogP contribution >= 0.6 is 23.1 Å². The summed E-state index contributed by atoms with van der Waals surface area (Å²) in [4.78, 5) is 25.4. The van der Waals surface area contributed by atoms with Crippen LogP contribution in [0.5, 0.6) is 0 Å². The van der Waals surface area contributed by atoms with Crippen molar-refractivity contribution in [3.05, 3.63) is 21.9 Å². The molecule has 6 heteroatoms. The van der Waals surface area contributed by atoms with Gasteiger partial charge in [0.15, 0.2) is 0 Å². The van der Waals surface area contributed by atoms with Gasteiger partial charge in [-0.25, -0.2) is 4.79 Å². The minimum atomic E-state index is -0.987. The van der Waals surface area contributed by atoms with Crippen molar-refractivity contribution >= 4 is 35.0 Å². The molecule has 0 aliphatic heterocycles. The molecule has 1 aromatic heterocycles. The first-order chi connectivity index (χ1) is 8.97. The number of hydrogen-bond acceptors (Lipinski definition) is 4. The Bertz CT molecular complexity index is 445. The second-order valence-corrected chi connectivity index (χ2v) is 6.70. The van der Waals surface area contributed by atoms with E-state index in [1.165, 1.54) is 6.07 Å². The standard InChI is InChI=1S/C13H19NO3S2/c1-4-18-8-7-9(2)14(3)12(15)10-5-6-11(19-10)13(16)17/h5-6,9H,4,7-8H2,1-3H3,(H,16,17). The van der Waals surface area contributed by atoms with E-state index < -0.39 is 5.97 Å². The summed E-state index contributed by atoms with van der Waals surface area (Å²) in [5.41, 5.74) is 0. The van der Waals surface area contributed by atoms with Gasteiger partial charge in [0.25, 0.3) is 5.91 Å². The minimum absolute atomic E-state index is 0.105. The molecule has 0 aliphatic rings. The van der Waals surface area contributed by atoms with E-state index in [4.69, 9.17) is 5.11 Å². The van der Waals surface area contributed by atoms with Crippen molar-refractivity contribution in [3.63, 3.8) is 0 Å². The van der Waals surface area contributed by atoms with Crippen LogP contribution in [0.25, 0.3) is 0 Å². The van der Waals surface area contributed by atoms with E-state index in [1.807, 2.05) is 18.7 Å². The summed E-state index contributed by atoms with van der Waals surface area (Å²) in [5.74, 6) is 1.02. The zero-order chi connectivity index (χ0) is 14.4. The largest absolute Gasteiger partial charge is 0.477 e. The summed E-state index contributed by atoms with van der Waals surface area (Å²) in [5, 5.41) is 8.85. The lowest BCUT2D eigenvalue weighted by Crippen LogP contribution is -2.35. The van der Waals surface area contributed by atoms with E-state index in [-0.39, 0.29) is 16.8 Å². The van der Waals surface area contributed by atoms with Gasteiger partial charge in [-0.2, -0.15) is 11.8 Å². The molecule has 1 unspecified atom stereocenters. The highest BCUT2D eigenvalue weighted by atomic mass is 32.2. The maximum Gasteiger partial charge on any atom is 0.345 e. The fourth-order valence-electron chi connectivity index (χ4n) is 1.53. The van der Waals surface area contributed by atoms with Gasteiger partial charge in [-0.1, -0.05) is 6.92 Å². The Labute approximate surface area is 121 Å². The molecule has 1 heterocycles. The third-order valence-electron chi connectivity index (χ3n) is 2.89. The molecule has 1 aromatic rings. The number of carboxylic acid groups (broad SMARTS) is 1. The Hall–Kier alpha value is -1.01. The SMILES string of the molecule is CCSCCC(C)N(C)C(=O)c1ccc(C(=O)O)s1. The Morgan fingerprint density at radius 1 is 1.42 bits per heavy atom. The average molecular weight is 301 g/mol. The smallest absolute Gasteiger partial charge is 0.345 e. The van der Waals surface area contributed by atoms with Gasteiger partial charge >= 0.3 is 5.97 Å². The highest BCUT2D eigenvalue weighted by Crippen LogP contribution is 2.19. The van der Waals surface area contributed by atoms with Gasteiger partial charge in [-0.15, -0.1) is 11.3 Å². The van der Waals surface area contributed by atoms with Crippen molar-refractivity contribution in [1.29, 1.82) is 0 Å². The lowest BCUT2D eigenvalue weighted by atomic mass is 10.2. The second-order valence-electron chi connectivity index (χ2n) is 4.22. The molecular formula is C13H19NO3S2. The van der Waals surface area contributed by atoms with Crippen LogP contribution in [0.4, 0.5) is 0 Å². The average Bonchev–Trinajstić information content (AvgIpc) is 2.86. The van der Waals surface area contributed by atoms with Crippen LogP contribution in [0.1, 0.15) is 39.6 Å². The molecule has 1 rings (SSSR count). The Kier molecular flexibility index (Phi) is 6.37. The monoisotopic (exact) mass is 301 g/mol. The molecule has 4 nitrogen and oxygen atoms in total. The fraction of sp³-hybridized carbons (Fsp3) is 0.538.